The Bertz CT molecular complexity index is 3780. The first kappa shape index (κ1) is 35.4. The molecule has 0 radical (unpaired) electrons. The van der Waals surface area contributed by atoms with Crippen molar-refractivity contribution in [2.45, 2.75) is 0 Å². The van der Waals surface area contributed by atoms with Gasteiger partial charge in [-0.25, -0.2) is 0 Å². The minimum absolute atomic E-state index is 0.859. The topological polar surface area (TPSA) is 29.5 Å². The van der Waals surface area contributed by atoms with Gasteiger partial charge in [-0.2, -0.15) is 0 Å². The third kappa shape index (κ3) is 5.67. The highest BCUT2D eigenvalue weighted by atomic mass is 16.3. The first-order chi connectivity index (χ1) is 31.2. The normalized spacial score (nSPS) is 11.8. The summed E-state index contributed by atoms with van der Waals surface area (Å²) < 4.78 is 13.2. The van der Waals surface area contributed by atoms with Crippen LogP contribution in [0.4, 0.5) is 17.1 Å². The van der Waals surface area contributed by atoms with Crippen molar-refractivity contribution < 1.29 is 8.83 Å². The maximum atomic E-state index is 6.88. The molecule has 0 saturated heterocycles. The zero-order valence-corrected chi connectivity index (χ0v) is 34.1. The van der Waals surface area contributed by atoms with Gasteiger partial charge in [0.05, 0.1) is 0 Å². The summed E-state index contributed by atoms with van der Waals surface area (Å²) in [6.45, 7) is 0. The van der Waals surface area contributed by atoms with Crippen LogP contribution in [-0.2, 0) is 0 Å². The number of fused-ring (bicyclic) bond motifs is 11. The number of para-hydroxylation sites is 2. The quantitative estimate of drug-likeness (QED) is 0.168. The van der Waals surface area contributed by atoms with Crippen LogP contribution < -0.4 is 4.90 Å². The average Bonchev–Trinajstić information content (AvgIpc) is 3.93. The summed E-state index contributed by atoms with van der Waals surface area (Å²) in [7, 11) is 0. The van der Waals surface area contributed by atoms with Gasteiger partial charge in [-0.05, 0) is 109 Å². The van der Waals surface area contributed by atoms with E-state index in [0.29, 0.717) is 0 Å². The molecule has 3 nitrogen and oxygen atoms in total. The van der Waals surface area contributed by atoms with E-state index in [4.69, 9.17) is 8.83 Å². The van der Waals surface area contributed by atoms with E-state index in [1.807, 2.05) is 12.1 Å². The molecule has 0 aliphatic rings. The zero-order chi connectivity index (χ0) is 41.4. The second kappa shape index (κ2) is 14.1. The van der Waals surface area contributed by atoms with Crippen LogP contribution >= 0.6 is 0 Å². The molecule has 0 aliphatic carbocycles. The third-order valence-corrected chi connectivity index (χ3v) is 12.9. The van der Waals surface area contributed by atoms with E-state index >= 15 is 0 Å². The van der Waals surface area contributed by atoms with Crippen molar-refractivity contribution in [3.8, 4) is 33.4 Å². The second-order valence-corrected chi connectivity index (χ2v) is 16.4. The van der Waals surface area contributed by atoms with Gasteiger partial charge in [0.2, 0.25) is 0 Å². The summed E-state index contributed by atoms with van der Waals surface area (Å²) >= 11 is 0. The first-order valence-corrected chi connectivity index (χ1v) is 21.5. The highest BCUT2D eigenvalue weighted by Crippen LogP contribution is 2.45. The lowest BCUT2D eigenvalue weighted by Gasteiger charge is -2.26. The fourth-order valence-electron chi connectivity index (χ4n) is 9.94. The van der Waals surface area contributed by atoms with Crippen LogP contribution in [0.15, 0.2) is 233 Å². The molecule has 2 aromatic heterocycles. The molecule has 0 amide bonds. The zero-order valence-electron chi connectivity index (χ0n) is 34.1. The highest BCUT2D eigenvalue weighted by Gasteiger charge is 2.20. The molecule has 63 heavy (non-hydrogen) atoms. The molecule has 0 N–H and O–H groups in total. The van der Waals surface area contributed by atoms with Gasteiger partial charge in [0.1, 0.15) is 22.3 Å². The molecule has 3 heteroatoms. The molecular formula is C60H37NO2. The van der Waals surface area contributed by atoms with Crippen molar-refractivity contribution in [1.82, 2.24) is 0 Å². The van der Waals surface area contributed by atoms with Crippen molar-refractivity contribution >= 4 is 93.3 Å². The summed E-state index contributed by atoms with van der Waals surface area (Å²) in [5.74, 6) is 0. The number of hydrogen-bond donors (Lipinski definition) is 0. The fourth-order valence-corrected chi connectivity index (χ4v) is 9.94. The van der Waals surface area contributed by atoms with Gasteiger partial charge in [0.25, 0.3) is 0 Å². The van der Waals surface area contributed by atoms with E-state index in [-0.39, 0.29) is 0 Å². The molecule has 11 aromatic carbocycles. The minimum Gasteiger partial charge on any atom is -0.456 e. The molecule has 0 atom stereocenters. The molecule has 294 valence electrons. The van der Waals surface area contributed by atoms with Gasteiger partial charge in [-0.15, -0.1) is 0 Å². The summed E-state index contributed by atoms with van der Waals surface area (Å²) in [6.07, 6.45) is 0. The van der Waals surface area contributed by atoms with Crippen molar-refractivity contribution in [2.75, 3.05) is 4.90 Å². The second-order valence-electron chi connectivity index (χ2n) is 16.4. The summed E-state index contributed by atoms with van der Waals surface area (Å²) in [5.41, 5.74) is 13.6. The Balaban J connectivity index is 0.964. The van der Waals surface area contributed by atoms with Gasteiger partial charge < -0.3 is 13.7 Å². The van der Waals surface area contributed by atoms with E-state index in [9.17, 15) is 0 Å². The van der Waals surface area contributed by atoms with Gasteiger partial charge in [0, 0.05) is 49.6 Å². The van der Waals surface area contributed by atoms with E-state index in [1.54, 1.807) is 0 Å². The van der Waals surface area contributed by atoms with Crippen LogP contribution in [-0.4, -0.2) is 0 Å². The predicted molar refractivity (Wildman–Crippen MR) is 265 cm³/mol. The lowest BCUT2D eigenvalue weighted by molar-refractivity contribution is 0.669. The van der Waals surface area contributed by atoms with Crippen molar-refractivity contribution in [3.05, 3.63) is 224 Å². The highest BCUT2D eigenvalue weighted by molar-refractivity contribution is 6.31. The Morgan fingerprint density at radius 3 is 1.44 bits per heavy atom. The van der Waals surface area contributed by atoms with Crippen LogP contribution in [0.1, 0.15) is 0 Å². The Hall–Kier alpha value is -8.40. The summed E-state index contributed by atoms with van der Waals surface area (Å²) in [6, 6.07) is 80.4. The average molecular weight is 804 g/mol. The lowest BCUT2D eigenvalue weighted by Crippen LogP contribution is -2.10. The molecule has 2 heterocycles. The number of benzene rings is 11. The first-order valence-electron chi connectivity index (χ1n) is 21.5. The Morgan fingerprint density at radius 2 is 0.778 bits per heavy atom. The van der Waals surface area contributed by atoms with Gasteiger partial charge in [-0.3, -0.25) is 0 Å². The van der Waals surface area contributed by atoms with Crippen LogP contribution in [0.25, 0.3) is 110 Å². The molecule has 0 unspecified atom stereocenters. The standard InChI is InChI=1S/C60H37NO2/c1-3-17-47-38(11-1)13-8-20-49(47)40-25-31-44(32-26-40)61(45-33-27-41(28-34-45)50-21-9-14-39-12-2-4-18-48(39)50)46-16-7-15-43(37-46)51-22-10-23-53-59-56(63-60(51)53)36-30-42-29-35-55-58(57(42)59)52-19-5-6-24-54(52)62-55/h1-37H. The summed E-state index contributed by atoms with van der Waals surface area (Å²) in [5, 5.41) is 11.7. The fraction of sp³-hybridized carbons (Fsp3) is 0. The number of nitrogens with zero attached hydrogens (tertiary/aromatic N) is 1. The summed E-state index contributed by atoms with van der Waals surface area (Å²) in [4.78, 5) is 2.36. The molecule has 13 aromatic rings. The predicted octanol–water partition coefficient (Wildman–Crippen LogP) is 17.4. The smallest absolute Gasteiger partial charge is 0.143 e. The Labute approximate surface area is 363 Å². The van der Waals surface area contributed by atoms with Gasteiger partial charge in [-0.1, -0.05) is 170 Å². The number of rotatable bonds is 6. The largest absolute Gasteiger partial charge is 0.456 e. The Kier molecular flexibility index (Phi) is 7.91. The maximum Gasteiger partial charge on any atom is 0.143 e. The molecule has 0 bridgehead atoms. The van der Waals surface area contributed by atoms with Gasteiger partial charge in [0.15, 0.2) is 0 Å². The minimum atomic E-state index is 0.859. The van der Waals surface area contributed by atoms with E-state index in [2.05, 4.69) is 217 Å². The molecule has 0 aliphatic heterocycles. The van der Waals surface area contributed by atoms with Crippen molar-refractivity contribution in [1.29, 1.82) is 0 Å². The van der Waals surface area contributed by atoms with Gasteiger partial charge >= 0.3 is 0 Å². The molecular weight excluding hydrogens is 767 g/mol. The number of hydrogen-bond acceptors (Lipinski definition) is 3. The number of furan rings is 2. The lowest BCUT2D eigenvalue weighted by atomic mass is 9.96. The van der Waals surface area contributed by atoms with E-state index in [0.717, 1.165) is 82.8 Å². The monoisotopic (exact) mass is 803 g/mol. The van der Waals surface area contributed by atoms with Crippen molar-refractivity contribution in [3.63, 3.8) is 0 Å². The van der Waals surface area contributed by atoms with E-state index in [1.165, 1.54) is 43.8 Å². The molecule has 0 fully saturated rings. The molecule has 13 rings (SSSR count). The van der Waals surface area contributed by atoms with Crippen LogP contribution in [0.5, 0.6) is 0 Å². The Morgan fingerprint density at radius 1 is 0.270 bits per heavy atom. The van der Waals surface area contributed by atoms with Crippen molar-refractivity contribution in [2.24, 2.45) is 0 Å². The third-order valence-electron chi connectivity index (χ3n) is 12.9. The van der Waals surface area contributed by atoms with Crippen LogP contribution in [0.2, 0.25) is 0 Å². The number of anilines is 3. The molecule has 0 saturated carbocycles. The SMILES string of the molecule is c1cc(-c2cccc3c2oc2ccc4ccc5oc6ccccc6c5c4c23)cc(N(c2ccc(-c3cccc4ccccc34)cc2)c2ccc(-c3cccc4ccccc34)cc2)c1. The van der Waals surface area contributed by atoms with Crippen LogP contribution in [0, 0.1) is 0 Å². The van der Waals surface area contributed by atoms with E-state index < -0.39 is 0 Å². The molecule has 0 spiro atoms. The van der Waals surface area contributed by atoms with Crippen LogP contribution in [0.3, 0.4) is 0 Å². The maximum absolute atomic E-state index is 6.88.